The lowest BCUT2D eigenvalue weighted by molar-refractivity contribution is -0.896. The molecule has 1 saturated carbocycles. The van der Waals surface area contributed by atoms with Gasteiger partial charge < -0.3 is 19.7 Å². The van der Waals surface area contributed by atoms with Crippen LogP contribution >= 0.6 is 0 Å². The number of likely N-dealkylation sites (tertiary alicyclic amines) is 1. The van der Waals surface area contributed by atoms with Crippen molar-refractivity contribution in [2.45, 2.75) is 57.2 Å². The standard InChI is InChI=1S/C19H26N2O3/c22-18(14-21-11-5-2-6-12-21)20-15-7-8-16-17(13-15)24-19(23-16)9-3-1-4-10-19/h7-8,13H,1-6,9-12,14H2,(H,20,22)/p+1. The number of amides is 1. The van der Waals surface area contributed by atoms with Crippen LogP contribution in [0.1, 0.15) is 51.4 Å². The van der Waals surface area contributed by atoms with Gasteiger partial charge in [-0.15, -0.1) is 0 Å². The van der Waals surface area contributed by atoms with Gasteiger partial charge >= 0.3 is 0 Å². The highest BCUT2D eigenvalue weighted by atomic mass is 16.7. The first kappa shape index (κ1) is 15.8. The summed E-state index contributed by atoms with van der Waals surface area (Å²) in [6.07, 6.45) is 9.21. The molecule has 5 nitrogen and oxygen atoms in total. The summed E-state index contributed by atoms with van der Waals surface area (Å²) >= 11 is 0. The molecule has 2 aliphatic heterocycles. The number of piperidine rings is 1. The van der Waals surface area contributed by atoms with Crippen LogP contribution in [0.15, 0.2) is 18.2 Å². The summed E-state index contributed by atoms with van der Waals surface area (Å²) in [5.74, 6) is 1.19. The zero-order valence-electron chi connectivity index (χ0n) is 14.2. The Morgan fingerprint density at radius 2 is 1.71 bits per heavy atom. The monoisotopic (exact) mass is 331 g/mol. The molecule has 5 heteroatoms. The summed E-state index contributed by atoms with van der Waals surface area (Å²) in [6.45, 7) is 2.77. The summed E-state index contributed by atoms with van der Waals surface area (Å²) in [6, 6.07) is 5.73. The average Bonchev–Trinajstić information content (AvgIpc) is 2.93. The molecule has 2 N–H and O–H groups in total. The van der Waals surface area contributed by atoms with Gasteiger partial charge in [-0.2, -0.15) is 0 Å². The van der Waals surface area contributed by atoms with Crippen LogP contribution in [0.5, 0.6) is 11.5 Å². The molecule has 1 spiro atoms. The Kier molecular flexibility index (Phi) is 4.35. The van der Waals surface area contributed by atoms with Crippen molar-refractivity contribution < 1.29 is 19.2 Å². The fourth-order valence-corrected chi connectivity index (χ4v) is 4.13. The van der Waals surface area contributed by atoms with E-state index in [9.17, 15) is 4.79 Å². The minimum atomic E-state index is -0.457. The quantitative estimate of drug-likeness (QED) is 0.892. The molecule has 1 aromatic carbocycles. The van der Waals surface area contributed by atoms with Crippen molar-refractivity contribution >= 4 is 11.6 Å². The van der Waals surface area contributed by atoms with Crippen LogP contribution in [0, 0.1) is 0 Å². The van der Waals surface area contributed by atoms with Crippen molar-refractivity contribution in [2.75, 3.05) is 25.0 Å². The molecule has 2 heterocycles. The molecule has 2 fully saturated rings. The van der Waals surface area contributed by atoms with Crippen LogP contribution < -0.4 is 19.7 Å². The van der Waals surface area contributed by atoms with Crippen molar-refractivity contribution in [1.82, 2.24) is 0 Å². The maximum Gasteiger partial charge on any atom is 0.279 e. The van der Waals surface area contributed by atoms with Crippen LogP contribution in [0.2, 0.25) is 0 Å². The highest BCUT2D eigenvalue weighted by Gasteiger charge is 2.42. The zero-order chi connectivity index (χ0) is 16.4. The Labute approximate surface area is 143 Å². The fourth-order valence-electron chi connectivity index (χ4n) is 4.13. The van der Waals surface area contributed by atoms with E-state index in [1.807, 2.05) is 18.2 Å². The molecule has 130 valence electrons. The molecule has 0 aromatic heterocycles. The maximum absolute atomic E-state index is 12.3. The van der Waals surface area contributed by atoms with Gasteiger partial charge in [0.2, 0.25) is 0 Å². The number of carbonyl (C=O) groups excluding carboxylic acids is 1. The summed E-state index contributed by atoms with van der Waals surface area (Å²) in [5, 5.41) is 3.01. The van der Waals surface area contributed by atoms with Gasteiger partial charge in [0.05, 0.1) is 13.1 Å². The van der Waals surface area contributed by atoms with Crippen molar-refractivity contribution in [3.05, 3.63) is 18.2 Å². The third-order valence-electron chi connectivity index (χ3n) is 5.41. The van der Waals surface area contributed by atoms with E-state index in [1.54, 1.807) is 0 Å². The molecule has 1 aromatic rings. The lowest BCUT2D eigenvalue weighted by Crippen LogP contribution is -3.13. The van der Waals surface area contributed by atoms with Gasteiger partial charge in [0.1, 0.15) is 0 Å². The number of ether oxygens (including phenoxy) is 2. The van der Waals surface area contributed by atoms with E-state index in [0.717, 1.165) is 56.0 Å². The summed E-state index contributed by atoms with van der Waals surface area (Å²) in [7, 11) is 0. The summed E-state index contributed by atoms with van der Waals surface area (Å²) < 4.78 is 12.2. The van der Waals surface area contributed by atoms with E-state index >= 15 is 0 Å². The van der Waals surface area contributed by atoms with Gasteiger partial charge in [0.25, 0.3) is 11.7 Å². The van der Waals surface area contributed by atoms with Gasteiger partial charge in [0.15, 0.2) is 18.0 Å². The predicted molar refractivity (Wildman–Crippen MR) is 91.6 cm³/mol. The van der Waals surface area contributed by atoms with E-state index in [-0.39, 0.29) is 5.91 Å². The predicted octanol–water partition coefficient (Wildman–Crippen LogP) is 2.13. The molecule has 3 aliphatic rings. The Morgan fingerprint density at radius 3 is 2.50 bits per heavy atom. The van der Waals surface area contributed by atoms with Gasteiger partial charge in [0, 0.05) is 24.6 Å². The molecule has 0 unspecified atom stereocenters. The van der Waals surface area contributed by atoms with Crippen LogP contribution in [0.4, 0.5) is 5.69 Å². The number of carbonyl (C=O) groups is 1. The number of anilines is 1. The Balaban J connectivity index is 1.38. The second kappa shape index (κ2) is 6.63. The van der Waals surface area contributed by atoms with E-state index in [1.165, 1.54) is 30.6 Å². The van der Waals surface area contributed by atoms with Gasteiger partial charge in [-0.05, 0) is 44.2 Å². The number of hydrogen-bond donors (Lipinski definition) is 2. The molecule has 0 radical (unpaired) electrons. The largest absolute Gasteiger partial charge is 0.448 e. The molecule has 1 saturated heterocycles. The maximum atomic E-state index is 12.3. The number of quaternary nitrogens is 1. The van der Waals surface area contributed by atoms with Crippen molar-refractivity contribution in [3.8, 4) is 11.5 Å². The lowest BCUT2D eigenvalue weighted by Gasteiger charge is -2.31. The molecule has 24 heavy (non-hydrogen) atoms. The zero-order valence-corrected chi connectivity index (χ0v) is 14.2. The number of hydrogen-bond acceptors (Lipinski definition) is 3. The Bertz CT molecular complexity index is 605. The Hall–Kier alpha value is -1.75. The van der Waals surface area contributed by atoms with Gasteiger partial charge in [-0.3, -0.25) is 4.79 Å². The molecule has 0 bridgehead atoms. The molecule has 1 aliphatic carbocycles. The molecule has 4 rings (SSSR count). The van der Waals surface area contributed by atoms with Crippen LogP contribution in [0.25, 0.3) is 0 Å². The van der Waals surface area contributed by atoms with E-state index in [4.69, 9.17) is 9.47 Å². The second-order valence-corrected chi connectivity index (χ2v) is 7.37. The fraction of sp³-hybridized carbons (Fsp3) is 0.632. The summed E-state index contributed by atoms with van der Waals surface area (Å²) in [5.41, 5.74) is 0.798. The van der Waals surface area contributed by atoms with Crippen LogP contribution in [0.3, 0.4) is 0 Å². The van der Waals surface area contributed by atoms with Crippen molar-refractivity contribution in [1.29, 1.82) is 0 Å². The Morgan fingerprint density at radius 1 is 1.00 bits per heavy atom. The first-order valence-electron chi connectivity index (χ1n) is 9.38. The third kappa shape index (κ3) is 3.36. The van der Waals surface area contributed by atoms with E-state index in [2.05, 4.69) is 5.32 Å². The molecular weight excluding hydrogens is 304 g/mol. The minimum absolute atomic E-state index is 0.0816. The SMILES string of the molecule is O=C(C[NH+]1CCCCC1)Nc1ccc2c(c1)OC1(CCCCC1)O2. The lowest BCUT2D eigenvalue weighted by atomic mass is 9.94. The summed E-state index contributed by atoms with van der Waals surface area (Å²) in [4.78, 5) is 13.7. The number of fused-ring (bicyclic) bond motifs is 1. The average molecular weight is 331 g/mol. The molecular formula is C19H27N2O3+. The first-order chi connectivity index (χ1) is 11.7. The topological polar surface area (TPSA) is 52.0 Å². The number of nitrogens with one attached hydrogen (secondary N) is 2. The number of benzene rings is 1. The van der Waals surface area contributed by atoms with Gasteiger partial charge in [-0.1, -0.05) is 6.42 Å². The van der Waals surface area contributed by atoms with Crippen LogP contribution in [-0.4, -0.2) is 31.3 Å². The van der Waals surface area contributed by atoms with Crippen LogP contribution in [-0.2, 0) is 4.79 Å². The minimum Gasteiger partial charge on any atom is -0.448 e. The smallest absolute Gasteiger partial charge is 0.279 e. The van der Waals surface area contributed by atoms with Crippen molar-refractivity contribution in [2.24, 2.45) is 0 Å². The van der Waals surface area contributed by atoms with E-state index < -0.39 is 5.79 Å². The molecule has 1 amide bonds. The van der Waals surface area contributed by atoms with Gasteiger partial charge in [-0.25, -0.2) is 0 Å². The van der Waals surface area contributed by atoms with Crippen molar-refractivity contribution in [3.63, 3.8) is 0 Å². The normalized spacial score (nSPS) is 22.5. The van der Waals surface area contributed by atoms with E-state index in [0.29, 0.717) is 6.54 Å². The number of rotatable bonds is 3. The first-order valence-corrected chi connectivity index (χ1v) is 9.38. The molecule has 0 atom stereocenters. The third-order valence-corrected chi connectivity index (χ3v) is 5.41. The highest BCUT2D eigenvalue weighted by Crippen LogP contribution is 2.46. The second-order valence-electron chi connectivity index (χ2n) is 7.37. The highest BCUT2D eigenvalue weighted by molar-refractivity contribution is 5.91.